The van der Waals surface area contributed by atoms with E-state index in [9.17, 15) is 17.6 Å². The highest BCUT2D eigenvalue weighted by Crippen LogP contribution is 2.33. The van der Waals surface area contributed by atoms with Crippen molar-refractivity contribution in [3.05, 3.63) is 83.4 Å². The molecule has 0 atom stereocenters. The van der Waals surface area contributed by atoms with E-state index in [-0.39, 0.29) is 29.5 Å². The Bertz CT molecular complexity index is 1400. The summed E-state index contributed by atoms with van der Waals surface area (Å²) >= 11 is 1.38. The zero-order valence-corrected chi connectivity index (χ0v) is 19.8. The number of hydrogen-bond donors (Lipinski definition) is 0. The molecule has 2 aromatic carbocycles. The number of carbonyl (C=O) groups is 1. The van der Waals surface area contributed by atoms with Crippen LogP contribution < -0.4 is 4.90 Å². The number of pyridine rings is 1. The van der Waals surface area contributed by atoms with Gasteiger partial charge < -0.3 is 0 Å². The molecule has 0 saturated carbocycles. The van der Waals surface area contributed by atoms with Gasteiger partial charge in [0.1, 0.15) is 5.82 Å². The summed E-state index contributed by atoms with van der Waals surface area (Å²) in [5, 5.41) is 0.494. The van der Waals surface area contributed by atoms with Gasteiger partial charge in [0.05, 0.1) is 33.1 Å². The average molecular weight is 484 g/mol. The number of halogens is 1. The monoisotopic (exact) mass is 483 g/mol. The molecule has 2 heterocycles. The number of thiazole rings is 1. The maximum Gasteiger partial charge on any atom is 0.230 e. The molecule has 0 unspecified atom stereocenters. The van der Waals surface area contributed by atoms with E-state index in [0.717, 1.165) is 33.5 Å². The van der Waals surface area contributed by atoms with Crippen LogP contribution in [-0.2, 0) is 21.2 Å². The Labute approximate surface area is 195 Å². The fraction of sp³-hybridized carbons (Fsp3) is 0.208. The molecule has 0 fully saturated rings. The van der Waals surface area contributed by atoms with Gasteiger partial charge in [-0.3, -0.25) is 14.7 Å². The quantitative estimate of drug-likeness (QED) is 0.351. The fourth-order valence-corrected chi connectivity index (χ4v) is 5.63. The first-order valence-electron chi connectivity index (χ1n) is 10.3. The molecular formula is C24H22FN3O3S2. The van der Waals surface area contributed by atoms with Gasteiger partial charge >= 0.3 is 0 Å². The lowest BCUT2D eigenvalue weighted by atomic mass is 10.1. The van der Waals surface area contributed by atoms with Gasteiger partial charge in [0.25, 0.3) is 0 Å². The van der Waals surface area contributed by atoms with E-state index in [1.165, 1.54) is 28.4 Å². The predicted octanol–water partition coefficient (Wildman–Crippen LogP) is 4.84. The van der Waals surface area contributed by atoms with Gasteiger partial charge in [-0.05, 0) is 67.4 Å². The smallest absolute Gasteiger partial charge is 0.230 e. The third-order valence-electron chi connectivity index (χ3n) is 5.41. The topological polar surface area (TPSA) is 80.2 Å². The van der Waals surface area contributed by atoms with Gasteiger partial charge in [-0.25, -0.2) is 17.8 Å². The second-order valence-corrected chi connectivity index (χ2v) is 10.8. The third-order valence-corrected chi connectivity index (χ3v) is 8.18. The number of hydrogen-bond acceptors (Lipinski definition) is 6. The maximum atomic E-state index is 13.2. The van der Waals surface area contributed by atoms with Gasteiger partial charge in [-0.2, -0.15) is 0 Å². The Morgan fingerprint density at radius 2 is 1.82 bits per heavy atom. The highest BCUT2D eigenvalue weighted by atomic mass is 32.2. The molecule has 0 bridgehead atoms. The van der Waals surface area contributed by atoms with Crippen LogP contribution in [0.15, 0.2) is 65.7 Å². The Balaban J connectivity index is 1.62. The summed E-state index contributed by atoms with van der Waals surface area (Å²) in [6, 6.07) is 14.0. The molecule has 0 radical (unpaired) electrons. The molecule has 4 aromatic rings. The van der Waals surface area contributed by atoms with Crippen molar-refractivity contribution in [2.45, 2.75) is 31.7 Å². The highest BCUT2D eigenvalue weighted by molar-refractivity contribution is 7.91. The van der Waals surface area contributed by atoms with Crippen LogP contribution in [0.2, 0.25) is 0 Å². The van der Waals surface area contributed by atoms with E-state index in [4.69, 9.17) is 4.98 Å². The number of benzene rings is 2. The minimum Gasteiger partial charge on any atom is -0.282 e. The summed E-state index contributed by atoms with van der Waals surface area (Å²) in [4.78, 5) is 23.7. The SMILES string of the molecule is Cc1ccc2sc(N(Cc3ccccn3)C(=O)CCS(=O)(=O)c3ccc(F)cc3)nc2c1C. The molecule has 0 N–H and O–H groups in total. The first-order valence-corrected chi connectivity index (χ1v) is 12.8. The fourth-order valence-electron chi connectivity index (χ4n) is 3.36. The lowest BCUT2D eigenvalue weighted by Gasteiger charge is -2.19. The molecule has 0 aliphatic heterocycles. The average Bonchev–Trinajstić information content (AvgIpc) is 3.24. The second kappa shape index (κ2) is 9.36. The summed E-state index contributed by atoms with van der Waals surface area (Å²) in [6.07, 6.45) is 1.41. The Kier molecular flexibility index (Phi) is 6.53. The van der Waals surface area contributed by atoms with Crippen molar-refractivity contribution in [3.8, 4) is 0 Å². The van der Waals surface area contributed by atoms with Crippen molar-refractivity contribution < 1.29 is 17.6 Å². The van der Waals surface area contributed by atoms with Gasteiger partial charge in [0.2, 0.25) is 5.91 Å². The Morgan fingerprint density at radius 1 is 1.06 bits per heavy atom. The molecule has 0 saturated heterocycles. The van der Waals surface area contributed by atoms with Crippen molar-refractivity contribution in [1.29, 1.82) is 0 Å². The van der Waals surface area contributed by atoms with E-state index in [2.05, 4.69) is 4.98 Å². The molecule has 170 valence electrons. The number of anilines is 1. The number of carbonyl (C=O) groups excluding carboxylic acids is 1. The van der Waals surface area contributed by atoms with Crippen LogP contribution in [0.3, 0.4) is 0 Å². The van der Waals surface area contributed by atoms with Gasteiger partial charge in [0, 0.05) is 12.6 Å². The van der Waals surface area contributed by atoms with Crippen molar-refractivity contribution in [1.82, 2.24) is 9.97 Å². The van der Waals surface area contributed by atoms with E-state index in [1.54, 1.807) is 18.3 Å². The number of aryl methyl sites for hydroxylation is 2. The lowest BCUT2D eigenvalue weighted by molar-refractivity contribution is -0.118. The Morgan fingerprint density at radius 3 is 2.52 bits per heavy atom. The number of rotatable bonds is 7. The Hall–Kier alpha value is -3.17. The van der Waals surface area contributed by atoms with E-state index < -0.39 is 15.7 Å². The molecule has 2 aromatic heterocycles. The summed E-state index contributed by atoms with van der Waals surface area (Å²) in [7, 11) is -3.74. The number of nitrogens with zero attached hydrogens (tertiary/aromatic N) is 3. The summed E-state index contributed by atoms with van der Waals surface area (Å²) in [5.41, 5.74) is 3.64. The molecular weight excluding hydrogens is 461 g/mol. The molecule has 6 nitrogen and oxygen atoms in total. The predicted molar refractivity (Wildman–Crippen MR) is 128 cm³/mol. The lowest BCUT2D eigenvalue weighted by Crippen LogP contribution is -2.32. The molecule has 4 rings (SSSR count). The van der Waals surface area contributed by atoms with Crippen molar-refractivity contribution in [2.75, 3.05) is 10.7 Å². The minimum atomic E-state index is -3.74. The molecule has 0 spiro atoms. The van der Waals surface area contributed by atoms with Crippen LogP contribution in [0, 0.1) is 19.7 Å². The minimum absolute atomic E-state index is 0.0148. The van der Waals surface area contributed by atoms with Crippen molar-refractivity contribution in [3.63, 3.8) is 0 Å². The first kappa shape index (κ1) is 23.0. The first-order chi connectivity index (χ1) is 15.7. The van der Waals surface area contributed by atoms with Crippen LogP contribution in [0.4, 0.5) is 9.52 Å². The van der Waals surface area contributed by atoms with Crippen LogP contribution in [0.5, 0.6) is 0 Å². The summed E-state index contributed by atoms with van der Waals surface area (Å²) in [5.74, 6) is -1.29. The van der Waals surface area contributed by atoms with E-state index in [0.29, 0.717) is 10.8 Å². The summed E-state index contributed by atoms with van der Waals surface area (Å²) < 4.78 is 39.5. The van der Waals surface area contributed by atoms with Gasteiger partial charge in [-0.15, -0.1) is 0 Å². The molecule has 0 aliphatic carbocycles. The number of aromatic nitrogens is 2. The third kappa shape index (κ3) is 5.09. The van der Waals surface area contributed by atoms with Crippen molar-refractivity contribution in [2.24, 2.45) is 0 Å². The molecule has 33 heavy (non-hydrogen) atoms. The number of amides is 1. The normalized spacial score (nSPS) is 11.6. The zero-order chi connectivity index (χ0) is 23.6. The molecule has 0 aliphatic rings. The molecule has 1 amide bonds. The zero-order valence-electron chi connectivity index (χ0n) is 18.2. The van der Waals surface area contributed by atoms with Gasteiger partial charge in [-0.1, -0.05) is 23.5 Å². The van der Waals surface area contributed by atoms with Crippen LogP contribution in [0.1, 0.15) is 23.2 Å². The van der Waals surface area contributed by atoms with E-state index >= 15 is 0 Å². The van der Waals surface area contributed by atoms with Crippen molar-refractivity contribution >= 4 is 42.4 Å². The second-order valence-electron chi connectivity index (χ2n) is 7.67. The van der Waals surface area contributed by atoms with Gasteiger partial charge in [0.15, 0.2) is 15.0 Å². The standard InChI is InChI=1S/C24H22FN3O3S2/c1-16-6-11-21-23(17(16)2)27-24(32-21)28(15-19-5-3-4-13-26-19)22(29)12-14-33(30,31)20-9-7-18(25)8-10-20/h3-11,13H,12,14-15H2,1-2H3. The molecule has 9 heteroatoms. The summed E-state index contributed by atoms with van der Waals surface area (Å²) in [6.45, 7) is 4.17. The maximum absolute atomic E-state index is 13.2. The van der Waals surface area contributed by atoms with E-state index in [1.807, 2.05) is 32.0 Å². The number of fused-ring (bicyclic) bond motifs is 1. The van der Waals surface area contributed by atoms with Crippen LogP contribution in [0.25, 0.3) is 10.2 Å². The van der Waals surface area contributed by atoms with Crippen LogP contribution >= 0.6 is 11.3 Å². The largest absolute Gasteiger partial charge is 0.282 e. The number of sulfone groups is 1. The highest BCUT2D eigenvalue weighted by Gasteiger charge is 2.24. The van der Waals surface area contributed by atoms with Crippen LogP contribution in [-0.4, -0.2) is 30.0 Å².